The van der Waals surface area contributed by atoms with Crippen molar-refractivity contribution in [2.24, 2.45) is 5.92 Å². The highest BCUT2D eigenvalue weighted by Gasteiger charge is 2.15. The molecule has 0 amide bonds. The normalized spacial score (nSPS) is 12.6. The summed E-state index contributed by atoms with van der Waals surface area (Å²) in [6.45, 7) is 4.98. The number of carbonyl (C=O) groups is 1. The lowest BCUT2D eigenvalue weighted by Crippen LogP contribution is -2.27. The Hall–Kier alpha value is -0.570. The average Bonchev–Trinajstić information content (AvgIpc) is 2.00. The summed E-state index contributed by atoms with van der Waals surface area (Å²) in [7, 11) is 1.84. The third-order valence-corrected chi connectivity index (χ3v) is 1.56. The molecule has 0 radical (unpaired) electrons. The third kappa shape index (κ3) is 3.98. The summed E-state index contributed by atoms with van der Waals surface area (Å²) in [5.41, 5.74) is 0. The van der Waals surface area contributed by atoms with Gasteiger partial charge in [0.1, 0.15) is 0 Å². The summed E-state index contributed by atoms with van der Waals surface area (Å²) in [5.74, 6) is -0.0794. The average molecular weight is 159 g/mol. The van der Waals surface area contributed by atoms with E-state index in [9.17, 15) is 4.79 Å². The van der Waals surface area contributed by atoms with E-state index in [0.717, 1.165) is 6.42 Å². The number of hydrogen-bond acceptors (Lipinski definition) is 3. The first-order chi connectivity index (χ1) is 5.26. The Labute approximate surface area is 68.1 Å². The maximum absolute atomic E-state index is 11.1. The Morgan fingerprint density at radius 1 is 1.55 bits per heavy atom. The largest absolute Gasteiger partial charge is 0.466 e. The molecule has 3 heteroatoms. The molecule has 3 nitrogen and oxygen atoms in total. The molecule has 0 rings (SSSR count). The first kappa shape index (κ1) is 10.4. The molecule has 0 aromatic carbocycles. The van der Waals surface area contributed by atoms with E-state index < -0.39 is 0 Å². The van der Waals surface area contributed by atoms with Crippen molar-refractivity contribution in [3.63, 3.8) is 0 Å². The lowest BCUT2D eigenvalue weighted by molar-refractivity contribution is -0.147. The van der Waals surface area contributed by atoms with Crippen molar-refractivity contribution in [2.75, 3.05) is 20.2 Å². The molecule has 0 bridgehead atoms. The van der Waals surface area contributed by atoms with Gasteiger partial charge in [0, 0.05) is 6.54 Å². The van der Waals surface area contributed by atoms with Crippen LogP contribution in [0.4, 0.5) is 0 Å². The Bertz CT molecular complexity index is 115. The second kappa shape index (κ2) is 6.16. The molecule has 0 saturated carbocycles. The van der Waals surface area contributed by atoms with Crippen LogP contribution in [0.25, 0.3) is 0 Å². The fourth-order valence-corrected chi connectivity index (χ4v) is 0.901. The number of carbonyl (C=O) groups excluding carboxylic acids is 1. The van der Waals surface area contributed by atoms with Gasteiger partial charge in [-0.15, -0.1) is 0 Å². The number of nitrogens with one attached hydrogen (secondary N) is 1. The van der Waals surface area contributed by atoms with Crippen LogP contribution in [0.1, 0.15) is 20.3 Å². The summed E-state index contributed by atoms with van der Waals surface area (Å²) in [6, 6.07) is 0. The number of esters is 1. The van der Waals surface area contributed by atoms with Crippen LogP contribution in [0.15, 0.2) is 0 Å². The van der Waals surface area contributed by atoms with E-state index in [2.05, 4.69) is 5.32 Å². The van der Waals surface area contributed by atoms with E-state index >= 15 is 0 Å². The molecule has 66 valence electrons. The molecule has 0 aliphatic heterocycles. The van der Waals surface area contributed by atoms with Gasteiger partial charge in [-0.2, -0.15) is 0 Å². The van der Waals surface area contributed by atoms with Gasteiger partial charge >= 0.3 is 5.97 Å². The lowest BCUT2D eigenvalue weighted by Gasteiger charge is -2.11. The van der Waals surface area contributed by atoms with Crippen molar-refractivity contribution in [3.8, 4) is 0 Å². The molecule has 0 aliphatic rings. The molecule has 0 saturated heterocycles. The minimum atomic E-state index is -0.0932. The fourth-order valence-electron chi connectivity index (χ4n) is 0.901. The van der Waals surface area contributed by atoms with E-state index in [1.54, 1.807) is 0 Å². The first-order valence-electron chi connectivity index (χ1n) is 4.07. The highest BCUT2D eigenvalue weighted by Crippen LogP contribution is 2.02. The van der Waals surface area contributed by atoms with Crippen molar-refractivity contribution in [1.82, 2.24) is 5.32 Å². The Kier molecular flexibility index (Phi) is 5.84. The zero-order valence-electron chi connectivity index (χ0n) is 7.52. The summed E-state index contributed by atoms with van der Waals surface area (Å²) in [6.07, 6.45) is 0.833. The van der Waals surface area contributed by atoms with E-state index in [4.69, 9.17) is 4.74 Å². The Morgan fingerprint density at radius 2 is 2.18 bits per heavy atom. The van der Waals surface area contributed by atoms with E-state index in [-0.39, 0.29) is 11.9 Å². The van der Waals surface area contributed by atoms with Crippen LogP contribution in [0.3, 0.4) is 0 Å². The van der Waals surface area contributed by atoms with Crippen molar-refractivity contribution in [3.05, 3.63) is 0 Å². The fraction of sp³-hybridized carbons (Fsp3) is 0.875. The smallest absolute Gasteiger partial charge is 0.310 e. The molecule has 1 unspecified atom stereocenters. The van der Waals surface area contributed by atoms with Crippen LogP contribution >= 0.6 is 0 Å². The highest BCUT2D eigenvalue weighted by atomic mass is 16.5. The number of rotatable bonds is 5. The Balaban J connectivity index is 3.71. The van der Waals surface area contributed by atoms with E-state index in [1.165, 1.54) is 0 Å². The second-order valence-electron chi connectivity index (χ2n) is 2.41. The van der Waals surface area contributed by atoms with Gasteiger partial charge in [-0.3, -0.25) is 4.79 Å². The molecule has 0 aromatic rings. The van der Waals surface area contributed by atoms with Gasteiger partial charge in [-0.1, -0.05) is 6.92 Å². The minimum Gasteiger partial charge on any atom is -0.466 e. The maximum Gasteiger partial charge on any atom is 0.310 e. The van der Waals surface area contributed by atoms with Crippen molar-refractivity contribution in [2.45, 2.75) is 20.3 Å². The number of hydrogen-bond donors (Lipinski definition) is 1. The monoisotopic (exact) mass is 159 g/mol. The van der Waals surface area contributed by atoms with Crippen LogP contribution in [0.2, 0.25) is 0 Å². The summed E-state index contributed by atoms with van der Waals surface area (Å²) in [5, 5.41) is 2.96. The third-order valence-electron chi connectivity index (χ3n) is 1.56. The summed E-state index contributed by atoms with van der Waals surface area (Å²) < 4.78 is 4.87. The number of ether oxygens (including phenoxy) is 1. The van der Waals surface area contributed by atoms with Gasteiger partial charge in [0.05, 0.1) is 12.5 Å². The lowest BCUT2D eigenvalue weighted by atomic mass is 10.1. The maximum atomic E-state index is 11.1. The molecule has 11 heavy (non-hydrogen) atoms. The van der Waals surface area contributed by atoms with Crippen LogP contribution in [0, 0.1) is 5.92 Å². The molecule has 0 heterocycles. The van der Waals surface area contributed by atoms with Crippen LogP contribution in [-0.2, 0) is 9.53 Å². The molecule has 0 fully saturated rings. The van der Waals surface area contributed by atoms with Gasteiger partial charge in [0.2, 0.25) is 0 Å². The predicted octanol–water partition coefficient (Wildman–Crippen LogP) is 0.795. The first-order valence-corrected chi connectivity index (χ1v) is 4.07. The Morgan fingerprint density at radius 3 is 2.55 bits per heavy atom. The van der Waals surface area contributed by atoms with E-state index in [1.807, 2.05) is 20.9 Å². The second-order valence-corrected chi connectivity index (χ2v) is 2.41. The summed E-state index contributed by atoms with van der Waals surface area (Å²) in [4.78, 5) is 11.1. The van der Waals surface area contributed by atoms with Crippen LogP contribution in [0.5, 0.6) is 0 Å². The van der Waals surface area contributed by atoms with Gasteiger partial charge in [0.15, 0.2) is 0 Å². The zero-order chi connectivity index (χ0) is 8.69. The quantitative estimate of drug-likeness (QED) is 0.603. The van der Waals surface area contributed by atoms with Crippen molar-refractivity contribution < 1.29 is 9.53 Å². The van der Waals surface area contributed by atoms with Gasteiger partial charge < -0.3 is 10.1 Å². The van der Waals surface area contributed by atoms with Gasteiger partial charge in [0.25, 0.3) is 0 Å². The zero-order valence-corrected chi connectivity index (χ0v) is 7.52. The standard InChI is InChI=1S/C8H17NO2/c1-4-7(6-9-3)8(10)11-5-2/h7,9H,4-6H2,1-3H3. The predicted molar refractivity (Wildman–Crippen MR) is 44.3 cm³/mol. The van der Waals surface area contributed by atoms with Gasteiger partial charge in [-0.25, -0.2) is 0 Å². The van der Waals surface area contributed by atoms with Crippen molar-refractivity contribution in [1.29, 1.82) is 0 Å². The van der Waals surface area contributed by atoms with Gasteiger partial charge in [-0.05, 0) is 20.4 Å². The minimum absolute atomic E-state index is 0.0138. The molecular formula is C8H17NO2. The molecule has 1 N–H and O–H groups in total. The molecular weight excluding hydrogens is 142 g/mol. The molecule has 0 spiro atoms. The van der Waals surface area contributed by atoms with E-state index in [0.29, 0.717) is 13.2 Å². The highest BCUT2D eigenvalue weighted by molar-refractivity contribution is 5.72. The molecule has 0 aliphatic carbocycles. The molecule has 0 aromatic heterocycles. The van der Waals surface area contributed by atoms with Crippen molar-refractivity contribution >= 4 is 5.97 Å². The topological polar surface area (TPSA) is 38.3 Å². The SMILES string of the molecule is CCOC(=O)C(CC)CNC. The molecule has 1 atom stereocenters. The summed E-state index contributed by atoms with van der Waals surface area (Å²) >= 11 is 0. The van der Waals surface area contributed by atoms with Crippen LogP contribution in [-0.4, -0.2) is 26.2 Å². The van der Waals surface area contributed by atoms with Crippen LogP contribution < -0.4 is 5.32 Å².